The SMILES string of the molecule is CC(=O)C(NC(=O)C(NC(=O)C(C)NC(=O)C(NC(=O)C(NC(=O)C(N)P(P(P)P)P(P)PP)P(P(P)P)P(P)P)P(PP)P(P)P)P(P)PP)P(P)P. The predicted molar refractivity (Wildman–Crippen MR) is 324 cm³/mol. The Hall–Kier alpha value is 9.02. The van der Waals surface area contributed by atoms with Crippen molar-refractivity contribution in [3.63, 3.8) is 0 Å². The Kier molecular flexibility index (Phi) is 39.1. The van der Waals surface area contributed by atoms with Gasteiger partial charge >= 0.3 is 0 Å². The Morgan fingerprint density at radius 1 is 0.519 bits per heavy atom. The number of nitrogens with two attached hydrogens (primary N) is 1. The first-order valence-corrected chi connectivity index (χ1v) is 61.7. The molecule has 0 fully saturated rings. The van der Waals surface area contributed by atoms with Crippen LogP contribution in [-0.4, -0.2) is 70.3 Å². The summed E-state index contributed by atoms with van der Waals surface area (Å²) in [5.41, 5.74) is 6.64. The molecule has 0 radical (unpaired) electrons. The molecule has 28 unspecified atom stereocenters. The van der Waals surface area contributed by atoms with Crippen molar-refractivity contribution in [1.29, 1.82) is 0 Å². The Morgan fingerprint density at radius 2 is 0.944 bits per heavy atom. The molecule has 0 bridgehead atoms. The molecule has 0 heterocycles. The zero-order valence-corrected chi connectivity index (χ0v) is 57.9. The van der Waals surface area contributed by atoms with Gasteiger partial charge in [-0.25, -0.2) is 0 Å². The molecule has 0 rings (SSSR count). The number of hydrogen-bond acceptors (Lipinski definition) is 7. The van der Waals surface area contributed by atoms with Crippen LogP contribution >= 0.6 is 229 Å². The molecule has 12 nitrogen and oxygen atoms in total. The van der Waals surface area contributed by atoms with Gasteiger partial charge in [0.05, 0.1) is 0 Å². The van der Waals surface area contributed by atoms with Gasteiger partial charge in [0.2, 0.25) is 29.5 Å². The van der Waals surface area contributed by atoms with E-state index >= 15 is 0 Å². The summed E-state index contributed by atoms with van der Waals surface area (Å²) in [7, 11) is 36.7. The lowest BCUT2D eigenvalue weighted by atomic mass is 10.3. The lowest BCUT2D eigenvalue weighted by molar-refractivity contribution is -0.132. The van der Waals surface area contributed by atoms with Gasteiger partial charge in [-0.15, -0.1) is 134 Å². The highest BCUT2D eigenvalue weighted by Gasteiger charge is 2.42. The molecule has 0 saturated carbocycles. The van der Waals surface area contributed by atoms with Crippen molar-refractivity contribution in [2.45, 2.75) is 48.8 Å². The van der Waals surface area contributed by atoms with E-state index in [2.05, 4.69) is 161 Å². The number of nitrogens with one attached hydrogen (secondary N) is 5. The van der Waals surface area contributed by atoms with Gasteiger partial charge in [-0.05, 0) is 85.3 Å². The third-order valence-corrected chi connectivity index (χ3v) is 102. The molecular weight excluding hydrogens is 1220 g/mol. The maximum atomic E-state index is 14.4. The number of hydrogen-bond donors (Lipinski definition) is 6. The normalized spacial score (nSPS) is 18.3. The van der Waals surface area contributed by atoms with Gasteiger partial charge in [-0.1, -0.05) is 23.9 Å². The van der Waals surface area contributed by atoms with Crippen LogP contribution < -0.4 is 32.3 Å². The van der Waals surface area contributed by atoms with E-state index in [4.69, 9.17) is 5.73 Å². The van der Waals surface area contributed by atoms with Gasteiger partial charge in [-0.3, -0.25) is 28.8 Å². The van der Waals surface area contributed by atoms with E-state index in [1.165, 1.54) is 13.8 Å². The number of carbonyl (C=O) groups excluding carboxylic acids is 6. The molecular formula is C14H52N6O6P28. The van der Waals surface area contributed by atoms with Crippen LogP contribution in [0.4, 0.5) is 0 Å². The first-order chi connectivity index (χ1) is 24.9. The summed E-state index contributed by atoms with van der Waals surface area (Å²) in [6, 6.07) is -1.07. The second-order valence-electron chi connectivity index (χ2n) is 10.0. The topological polar surface area (TPSA) is 189 Å². The molecule has 7 N–H and O–H groups in total. The molecule has 5 amide bonds. The Labute approximate surface area is 371 Å². The van der Waals surface area contributed by atoms with Crippen LogP contribution in [0, 0.1) is 0 Å². The number of Topliss-reactive ketones (excluding diaryl/α,β-unsaturated/α-hetero) is 1. The van der Waals surface area contributed by atoms with Crippen molar-refractivity contribution in [1.82, 2.24) is 26.6 Å². The standard InChI is InChI=1S/C14H52N6O6P28/c1-3(6(22)17-12(46(32)42-27)8(24)19-11(4(2)21)45(30)31)16-9(25)13(47(43-28)50(33)34)20-10(26)14(49(52(37)38)53(39)40)18-7(23)5(15)48(51(35)36)54(41)44-29/h3,5,11-14,42-44H,15,27-41H2,1-2H3,(H,16,25)(H,17,22)(H,18,23)(H,19,24)(H,20,26). The van der Waals surface area contributed by atoms with Crippen LogP contribution in [0.15, 0.2) is 0 Å². The maximum Gasteiger partial charge on any atom is 0.248 e. The van der Waals surface area contributed by atoms with Crippen LogP contribution in [-0.2, 0) is 28.8 Å². The molecule has 0 aromatic heterocycles. The molecule has 40 heteroatoms. The fourth-order valence-corrected chi connectivity index (χ4v) is 114. The zero-order chi connectivity index (χ0) is 42.4. The number of ketones is 1. The minimum atomic E-state index is -1.14. The van der Waals surface area contributed by atoms with E-state index < -0.39 is 130 Å². The summed E-state index contributed by atoms with van der Waals surface area (Å²) in [5.74, 6) is -7.01. The molecule has 0 spiro atoms. The lowest BCUT2D eigenvalue weighted by Gasteiger charge is -2.37. The van der Waals surface area contributed by atoms with E-state index in [1.807, 2.05) is 0 Å². The monoisotopic (exact) mass is 1270 g/mol. The molecule has 0 aromatic carbocycles. The quantitative estimate of drug-likeness (QED) is 0.0519. The summed E-state index contributed by atoms with van der Waals surface area (Å²) in [5, 5.41) is 14.4. The van der Waals surface area contributed by atoms with Gasteiger partial charge in [0.1, 0.15) is 35.0 Å². The molecule has 0 aromatic rings. The van der Waals surface area contributed by atoms with Gasteiger partial charge in [-0.2, -0.15) is 0 Å². The van der Waals surface area contributed by atoms with Crippen molar-refractivity contribution in [3.8, 4) is 0 Å². The van der Waals surface area contributed by atoms with Gasteiger partial charge in [0, 0.05) is 0 Å². The Balaban J connectivity index is 6.58. The van der Waals surface area contributed by atoms with Gasteiger partial charge in [0.25, 0.3) is 0 Å². The third-order valence-electron chi connectivity index (χ3n) is 6.16. The second-order valence-corrected chi connectivity index (χ2v) is 95.9. The van der Waals surface area contributed by atoms with Crippen molar-refractivity contribution < 1.29 is 28.8 Å². The maximum absolute atomic E-state index is 14.4. The molecule has 0 aliphatic carbocycles. The molecule has 28 atom stereocenters. The summed E-state index contributed by atoms with van der Waals surface area (Å²) in [4.78, 5) is 81.5. The number of amides is 5. The van der Waals surface area contributed by atoms with E-state index in [-0.39, 0.29) is 27.6 Å². The molecule has 54 heavy (non-hydrogen) atoms. The number of rotatable bonds is 24. The van der Waals surface area contributed by atoms with Crippen molar-refractivity contribution in [2.24, 2.45) is 5.73 Å². The van der Waals surface area contributed by atoms with Crippen LogP contribution in [0.5, 0.6) is 0 Å². The average molecular weight is 1270 g/mol. The highest BCUT2D eigenvalue weighted by molar-refractivity contribution is 9.01. The summed E-state index contributed by atoms with van der Waals surface area (Å²) < 4.78 is 0. The predicted octanol–water partition coefficient (Wildman–Crippen LogP) is 10.2. The smallest absolute Gasteiger partial charge is 0.248 e. The fourth-order valence-electron chi connectivity index (χ4n) is 3.67. The molecule has 0 saturated heterocycles. The largest absolute Gasteiger partial charge is 0.342 e. The van der Waals surface area contributed by atoms with E-state index in [9.17, 15) is 28.8 Å². The van der Waals surface area contributed by atoms with Crippen molar-refractivity contribution >= 4 is 265 Å². The van der Waals surface area contributed by atoms with E-state index in [0.29, 0.717) is 7.96 Å². The average Bonchev–Trinajstić information content (AvgIpc) is 3.06. The van der Waals surface area contributed by atoms with Crippen molar-refractivity contribution in [2.75, 3.05) is 0 Å². The van der Waals surface area contributed by atoms with Crippen LogP contribution in [0.3, 0.4) is 0 Å². The zero-order valence-electron chi connectivity index (χ0n) is 28.6. The third kappa shape index (κ3) is 22.4. The Bertz CT molecular complexity index is 1250. The van der Waals surface area contributed by atoms with E-state index in [0.717, 1.165) is 0 Å². The van der Waals surface area contributed by atoms with Crippen LogP contribution in [0.2, 0.25) is 0 Å². The highest BCUT2D eigenvalue weighted by atomic mass is 33.0. The van der Waals surface area contributed by atoms with Crippen LogP contribution in [0.1, 0.15) is 13.8 Å². The summed E-state index contributed by atoms with van der Waals surface area (Å²) in [6.45, 7) is -0.829. The van der Waals surface area contributed by atoms with Crippen LogP contribution in [0.25, 0.3) is 0 Å². The summed E-state index contributed by atoms with van der Waals surface area (Å²) in [6.07, 6.45) is 0. The highest BCUT2D eigenvalue weighted by Crippen LogP contribution is 3.01. The number of carbonyl (C=O) groups is 6. The van der Waals surface area contributed by atoms with E-state index in [1.54, 1.807) is 0 Å². The first-order valence-electron chi connectivity index (χ1n) is 14.0. The minimum absolute atomic E-state index is 0.199. The summed E-state index contributed by atoms with van der Waals surface area (Å²) >= 11 is 0. The molecule has 0 aliphatic rings. The lowest BCUT2D eigenvalue weighted by Crippen LogP contribution is -2.56. The molecule has 0 aliphatic heterocycles. The minimum Gasteiger partial charge on any atom is -0.342 e. The van der Waals surface area contributed by atoms with Gasteiger partial charge in [0.15, 0.2) is 5.78 Å². The Morgan fingerprint density at radius 3 is 1.33 bits per heavy atom. The fraction of sp³-hybridized carbons (Fsp3) is 0.571. The second kappa shape index (κ2) is 33.5. The molecule has 314 valence electrons. The van der Waals surface area contributed by atoms with Crippen molar-refractivity contribution in [3.05, 3.63) is 0 Å². The van der Waals surface area contributed by atoms with Gasteiger partial charge < -0.3 is 32.3 Å². The first kappa shape index (κ1) is 63.0.